The van der Waals surface area contributed by atoms with Gasteiger partial charge in [-0.15, -0.1) is 10.2 Å². The summed E-state index contributed by atoms with van der Waals surface area (Å²) in [5.41, 5.74) is 3.18. The number of carbonyl (C=O) groups excluding carboxylic acids is 1. The van der Waals surface area contributed by atoms with Crippen molar-refractivity contribution in [2.45, 2.75) is 12.5 Å². The van der Waals surface area contributed by atoms with E-state index < -0.39 is 0 Å². The lowest BCUT2D eigenvalue weighted by Crippen LogP contribution is -2.37. The number of furan rings is 1. The van der Waals surface area contributed by atoms with Gasteiger partial charge in [0, 0.05) is 41.8 Å². The molecule has 1 atom stereocenters. The van der Waals surface area contributed by atoms with Gasteiger partial charge in [-0.3, -0.25) is 9.78 Å². The molecular weight excluding hydrogens is 402 g/mol. The summed E-state index contributed by atoms with van der Waals surface area (Å²) < 4.78 is 5.44. The Hall–Kier alpha value is -3.45. The average molecular weight is 420 g/mol. The number of aromatic nitrogens is 3. The van der Waals surface area contributed by atoms with Gasteiger partial charge < -0.3 is 14.6 Å². The van der Waals surface area contributed by atoms with E-state index in [-0.39, 0.29) is 11.9 Å². The van der Waals surface area contributed by atoms with Crippen LogP contribution in [0.4, 0.5) is 5.82 Å². The van der Waals surface area contributed by atoms with Crippen molar-refractivity contribution in [3.05, 3.63) is 71.7 Å². The second-order valence-electron chi connectivity index (χ2n) is 7.19. The summed E-state index contributed by atoms with van der Waals surface area (Å²) >= 11 is 5.80. The zero-order chi connectivity index (χ0) is 20.5. The van der Waals surface area contributed by atoms with E-state index in [1.54, 1.807) is 18.5 Å². The Morgan fingerprint density at radius 1 is 1.10 bits per heavy atom. The Morgan fingerprint density at radius 2 is 1.97 bits per heavy atom. The molecule has 0 bridgehead atoms. The normalized spacial score (nSPS) is 16.2. The first kappa shape index (κ1) is 18.6. The molecule has 1 amide bonds. The lowest BCUT2D eigenvalue weighted by molar-refractivity contribution is 0.0940. The van der Waals surface area contributed by atoms with Crippen molar-refractivity contribution in [1.82, 2.24) is 20.5 Å². The van der Waals surface area contributed by atoms with E-state index in [4.69, 9.17) is 16.0 Å². The maximum absolute atomic E-state index is 12.7. The van der Waals surface area contributed by atoms with Crippen molar-refractivity contribution in [2.24, 2.45) is 0 Å². The van der Waals surface area contributed by atoms with Gasteiger partial charge in [0.1, 0.15) is 5.58 Å². The third kappa shape index (κ3) is 3.59. The molecule has 1 aliphatic heterocycles. The number of hydrogen-bond donors (Lipinski definition) is 1. The number of rotatable bonds is 4. The SMILES string of the molecule is O=C(N[C@H]1CCN(c2ccc(Cl)nn2)C1)c1ccc(-c2nccc3occc23)cc1. The number of carbonyl (C=O) groups is 1. The van der Waals surface area contributed by atoms with Gasteiger partial charge in [-0.1, -0.05) is 23.7 Å². The number of fused-ring (bicyclic) bond motifs is 1. The maximum atomic E-state index is 12.7. The number of nitrogens with one attached hydrogen (secondary N) is 1. The van der Waals surface area contributed by atoms with Crippen LogP contribution in [0.1, 0.15) is 16.8 Å². The van der Waals surface area contributed by atoms with Crippen molar-refractivity contribution in [1.29, 1.82) is 0 Å². The third-order valence-corrected chi connectivity index (χ3v) is 5.47. The Bertz CT molecular complexity index is 1190. The molecule has 0 aliphatic carbocycles. The summed E-state index contributed by atoms with van der Waals surface area (Å²) in [6.07, 6.45) is 4.22. The summed E-state index contributed by atoms with van der Waals surface area (Å²) in [4.78, 5) is 19.3. The van der Waals surface area contributed by atoms with Crippen LogP contribution >= 0.6 is 11.6 Å². The molecule has 4 heterocycles. The van der Waals surface area contributed by atoms with E-state index in [0.717, 1.165) is 41.0 Å². The molecule has 4 aromatic rings. The molecule has 1 saturated heterocycles. The molecule has 1 aromatic carbocycles. The number of nitrogens with zero attached hydrogens (tertiary/aromatic N) is 4. The number of pyridine rings is 1. The molecule has 0 radical (unpaired) electrons. The molecule has 30 heavy (non-hydrogen) atoms. The smallest absolute Gasteiger partial charge is 0.251 e. The van der Waals surface area contributed by atoms with Crippen LogP contribution in [0, 0.1) is 0 Å². The predicted octanol–water partition coefficient (Wildman–Crippen LogP) is 3.95. The highest BCUT2D eigenvalue weighted by atomic mass is 35.5. The monoisotopic (exact) mass is 419 g/mol. The highest BCUT2D eigenvalue weighted by Crippen LogP contribution is 2.27. The fourth-order valence-corrected chi connectivity index (χ4v) is 3.84. The quantitative estimate of drug-likeness (QED) is 0.539. The number of benzene rings is 1. The molecule has 150 valence electrons. The Labute approximate surface area is 177 Å². The zero-order valence-corrected chi connectivity index (χ0v) is 16.7. The van der Waals surface area contributed by atoms with Crippen LogP contribution < -0.4 is 10.2 Å². The first-order valence-electron chi connectivity index (χ1n) is 9.65. The van der Waals surface area contributed by atoms with E-state index in [0.29, 0.717) is 17.3 Å². The van der Waals surface area contributed by atoms with E-state index >= 15 is 0 Å². The van der Waals surface area contributed by atoms with E-state index in [1.165, 1.54) is 0 Å². The lowest BCUT2D eigenvalue weighted by Gasteiger charge is -2.17. The maximum Gasteiger partial charge on any atom is 0.251 e. The summed E-state index contributed by atoms with van der Waals surface area (Å²) in [5.74, 6) is 0.673. The van der Waals surface area contributed by atoms with Crippen LogP contribution in [0.2, 0.25) is 5.15 Å². The van der Waals surface area contributed by atoms with Crippen molar-refractivity contribution in [2.75, 3.05) is 18.0 Å². The predicted molar refractivity (Wildman–Crippen MR) is 115 cm³/mol. The minimum atomic E-state index is -0.0925. The molecular formula is C22H18ClN5O2. The first-order valence-corrected chi connectivity index (χ1v) is 10.0. The van der Waals surface area contributed by atoms with Crippen molar-refractivity contribution in [3.8, 4) is 11.3 Å². The zero-order valence-electron chi connectivity index (χ0n) is 16.0. The molecule has 3 aromatic heterocycles. The molecule has 1 N–H and O–H groups in total. The minimum Gasteiger partial charge on any atom is -0.464 e. The fourth-order valence-electron chi connectivity index (χ4n) is 3.74. The van der Waals surface area contributed by atoms with Crippen LogP contribution in [-0.2, 0) is 0 Å². The summed E-state index contributed by atoms with van der Waals surface area (Å²) in [6.45, 7) is 1.49. The molecule has 0 saturated carbocycles. The molecule has 7 nitrogen and oxygen atoms in total. The molecule has 1 fully saturated rings. The van der Waals surface area contributed by atoms with Crippen LogP contribution in [0.15, 0.2) is 65.4 Å². The van der Waals surface area contributed by atoms with Gasteiger partial charge in [-0.2, -0.15) is 0 Å². The second kappa shape index (κ2) is 7.76. The lowest BCUT2D eigenvalue weighted by atomic mass is 10.1. The van der Waals surface area contributed by atoms with E-state index in [1.807, 2.05) is 42.5 Å². The standard InChI is InChI=1S/C22H18ClN5O2/c23-19-5-6-20(27-26-19)28-11-8-16(13-28)25-22(29)15-3-1-14(2-4-15)21-17-9-12-30-18(17)7-10-24-21/h1-7,9-10,12,16H,8,11,13H2,(H,25,29)/t16-/m0/s1. The minimum absolute atomic E-state index is 0.0519. The van der Waals surface area contributed by atoms with Crippen LogP contribution in [0.3, 0.4) is 0 Å². The van der Waals surface area contributed by atoms with Gasteiger partial charge in [0.2, 0.25) is 0 Å². The van der Waals surface area contributed by atoms with Crippen molar-refractivity contribution >= 4 is 34.3 Å². The molecule has 5 rings (SSSR count). The Kier molecular flexibility index (Phi) is 4.80. The van der Waals surface area contributed by atoms with Gasteiger partial charge in [0.25, 0.3) is 5.91 Å². The van der Waals surface area contributed by atoms with Crippen LogP contribution in [-0.4, -0.2) is 40.2 Å². The third-order valence-electron chi connectivity index (χ3n) is 5.27. The van der Waals surface area contributed by atoms with Crippen LogP contribution in [0.5, 0.6) is 0 Å². The highest BCUT2D eigenvalue weighted by Gasteiger charge is 2.25. The van der Waals surface area contributed by atoms with Gasteiger partial charge in [-0.25, -0.2) is 0 Å². The Morgan fingerprint density at radius 3 is 2.77 bits per heavy atom. The topological polar surface area (TPSA) is 84.2 Å². The van der Waals surface area contributed by atoms with Gasteiger partial charge in [-0.05, 0) is 42.8 Å². The van der Waals surface area contributed by atoms with Crippen LogP contribution in [0.25, 0.3) is 22.2 Å². The highest BCUT2D eigenvalue weighted by molar-refractivity contribution is 6.29. The van der Waals surface area contributed by atoms with Gasteiger partial charge in [0.15, 0.2) is 11.0 Å². The molecule has 0 spiro atoms. The number of halogens is 1. The number of anilines is 1. The summed E-state index contributed by atoms with van der Waals surface area (Å²) in [6, 6.07) is 14.8. The molecule has 0 unspecified atom stereocenters. The van der Waals surface area contributed by atoms with Gasteiger partial charge in [0.05, 0.1) is 12.0 Å². The van der Waals surface area contributed by atoms with E-state index in [9.17, 15) is 4.79 Å². The molecule has 8 heteroatoms. The second-order valence-corrected chi connectivity index (χ2v) is 7.58. The number of hydrogen-bond acceptors (Lipinski definition) is 6. The van der Waals surface area contributed by atoms with Crippen molar-refractivity contribution < 1.29 is 9.21 Å². The fraction of sp³-hybridized carbons (Fsp3) is 0.182. The van der Waals surface area contributed by atoms with Gasteiger partial charge >= 0.3 is 0 Å². The molecule has 1 aliphatic rings. The summed E-state index contributed by atoms with van der Waals surface area (Å²) in [7, 11) is 0. The average Bonchev–Trinajstić information content (AvgIpc) is 3.44. The largest absolute Gasteiger partial charge is 0.464 e. The van der Waals surface area contributed by atoms with Crippen molar-refractivity contribution in [3.63, 3.8) is 0 Å². The Balaban J connectivity index is 1.26. The first-order chi connectivity index (χ1) is 14.7. The summed E-state index contributed by atoms with van der Waals surface area (Å²) in [5, 5.41) is 12.4. The van der Waals surface area contributed by atoms with E-state index in [2.05, 4.69) is 25.4 Å². The number of amides is 1.